The zero-order chi connectivity index (χ0) is 16.4. The molecule has 0 radical (unpaired) electrons. The smallest absolute Gasteiger partial charge is 0.273 e. The number of aromatic amines is 1. The predicted molar refractivity (Wildman–Crippen MR) is 79.8 cm³/mol. The summed E-state index contributed by atoms with van der Waals surface area (Å²) >= 11 is 0. The average molecular weight is 304 g/mol. The number of imidazole rings is 1. The van der Waals surface area contributed by atoms with Crippen molar-refractivity contribution in [3.63, 3.8) is 0 Å². The molecule has 0 fully saturated rings. The Morgan fingerprint density at radius 1 is 1.27 bits per heavy atom. The van der Waals surface area contributed by atoms with Gasteiger partial charge in [-0.15, -0.1) is 0 Å². The Balaban J connectivity index is 2.59. The standard InChI is InChI=1S/C14H16N4O4/c1-17(2)14(22)11-13(18(3)7-19)16-12(15-11)9-5-4-8(20)6-10(9)21/h4-7,20-21H,1-3H3,(H,15,16). The maximum atomic E-state index is 12.2. The van der Waals surface area contributed by atoms with Crippen molar-refractivity contribution in [2.75, 3.05) is 26.0 Å². The minimum atomic E-state index is -0.360. The fourth-order valence-electron chi connectivity index (χ4n) is 1.89. The normalized spacial score (nSPS) is 10.3. The summed E-state index contributed by atoms with van der Waals surface area (Å²) in [5.41, 5.74) is 0.429. The highest BCUT2D eigenvalue weighted by atomic mass is 16.3. The van der Waals surface area contributed by atoms with Crippen molar-refractivity contribution in [3.05, 3.63) is 23.9 Å². The van der Waals surface area contributed by atoms with Gasteiger partial charge in [0.25, 0.3) is 5.91 Å². The number of nitrogens with zero attached hydrogens (tertiary/aromatic N) is 3. The lowest BCUT2D eigenvalue weighted by atomic mass is 10.2. The van der Waals surface area contributed by atoms with Crippen LogP contribution in [0.2, 0.25) is 0 Å². The van der Waals surface area contributed by atoms with Crippen LogP contribution in [0.3, 0.4) is 0 Å². The first kappa shape index (κ1) is 15.4. The number of carbonyl (C=O) groups is 2. The lowest BCUT2D eigenvalue weighted by Gasteiger charge is -2.12. The number of phenols is 2. The number of carbonyl (C=O) groups excluding carboxylic acids is 2. The number of phenolic OH excluding ortho intramolecular Hbond substituents is 2. The topological polar surface area (TPSA) is 110 Å². The molecule has 8 heteroatoms. The molecule has 0 unspecified atom stereocenters. The second-order valence-electron chi connectivity index (χ2n) is 4.90. The van der Waals surface area contributed by atoms with Crippen LogP contribution in [0, 0.1) is 0 Å². The molecule has 8 nitrogen and oxygen atoms in total. The predicted octanol–water partition coefficient (Wildman–Crippen LogP) is 0.782. The molecule has 0 saturated carbocycles. The summed E-state index contributed by atoms with van der Waals surface area (Å²) < 4.78 is 0. The zero-order valence-corrected chi connectivity index (χ0v) is 12.4. The van der Waals surface area contributed by atoms with Crippen LogP contribution in [-0.4, -0.2) is 58.5 Å². The number of anilines is 1. The summed E-state index contributed by atoms with van der Waals surface area (Å²) in [5, 5.41) is 19.2. The van der Waals surface area contributed by atoms with Crippen LogP contribution in [0.15, 0.2) is 18.2 Å². The summed E-state index contributed by atoms with van der Waals surface area (Å²) in [4.78, 5) is 32.7. The van der Waals surface area contributed by atoms with Gasteiger partial charge in [-0.3, -0.25) is 9.59 Å². The van der Waals surface area contributed by atoms with Crippen molar-refractivity contribution in [2.45, 2.75) is 0 Å². The molecule has 1 heterocycles. The Kier molecular flexibility index (Phi) is 4.02. The Morgan fingerprint density at radius 3 is 2.50 bits per heavy atom. The van der Waals surface area contributed by atoms with Crippen molar-refractivity contribution in [3.8, 4) is 22.9 Å². The van der Waals surface area contributed by atoms with Gasteiger partial charge in [0.05, 0.1) is 5.56 Å². The maximum Gasteiger partial charge on any atom is 0.273 e. The SMILES string of the molecule is CN(C)C(=O)c1[nH]c(-c2ccc(O)cc2O)nc1N(C)C=O. The van der Waals surface area contributed by atoms with Gasteiger partial charge in [0.15, 0.2) is 5.82 Å². The molecule has 0 atom stereocenters. The van der Waals surface area contributed by atoms with Gasteiger partial charge in [0.1, 0.15) is 23.0 Å². The molecule has 2 aromatic rings. The summed E-state index contributed by atoms with van der Waals surface area (Å²) in [6.07, 6.45) is 0.531. The summed E-state index contributed by atoms with van der Waals surface area (Å²) in [6, 6.07) is 4.00. The Bertz CT molecular complexity index is 724. The van der Waals surface area contributed by atoms with E-state index in [2.05, 4.69) is 9.97 Å². The van der Waals surface area contributed by atoms with Crippen LogP contribution in [0.4, 0.5) is 5.82 Å². The number of aromatic nitrogens is 2. The van der Waals surface area contributed by atoms with E-state index in [-0.39, 0.29) is 34.7 Å². The molecule has 2 rings (SSSR count). The third kappa shape index (κ3) is 2.71. The molecule has 116 valence electrons. The van der Waals surface area contributed by atoms with Gasteiger partial charge >= 0.3 is 0 Å². The van der Waals surface area contributed by atoms with E-state index < -0.39 is 0 Å². The minimum Gasteiger partial charge on any atom is -0.508 e. The van der Waals surface area contributed by atoms with Crippen LogP contribution >= 0.6 is 0 Å². The molecule has 0 aliphatic heterocycles. The van der Waals surface area contributed by atoms with E-state index in [0.717, 1.165) is 11.0 Å². The number of aromatic hydroxyl groups is 2. The monoisotopic (exact) mass is 304 g/mol. The van der Waals surface area contributed by atoms with Gasteiger partial charge in [-0.25, -0.2) is 4.98 Å². The largest absolute Gasteiger partial charge is 0.508 e. The fraction of sp³-hybridized carbons (Fsp3) is 0.214. The quantitative estimate of drug-likeness (QED) is 0.723. The van der Waals surface area contributed by atoms with E-state index in [4.69, 9.17) is 0 Å². The second kappa shape index (κ2) is 5.76. The number of H-pyrrole nitrogens is 1. The third-order valence-corrected chi connectivity index (χ3v) is 3.03. The van der Waals surface area contributed by atoms with E-state index in [1.54, 1.807) is 14.1 Å². The molecular formula is C14H16N4O4. The van der Waals surface area contributed by atoms with E-state index >= 15 is 0 Å². The lowest BCUT2D eigenvalue weighted by Crippen LogP contribution is -2.25. The van der Waals surface area contributed by atoms with Gasteiger partial charge in [0.2, 0.25) is 6.41 Å². The fourth-order valence-corrected chi connectivity index (χ4v) is 1.89. The Labute approximate surface area is 126 Å². The second-order valence-corrected chi connectivity index (χ2v) is 4.90. The minimum absolute atomic E-state index is 0.0948. The van der Waals surface area contributed by atoms with Crippen LogP contribution in [0.5, 0.6) is 11.5 Å². The van der Waals surface area contributed by atoms with E-state index in [1.807, 2.05) is 0 Å². The Morgan fingerprint density at radius 2 is 1.95 bits per heavy atom. The number of hydrogen-bond donors (Lipinski definition) is 3. The first-order valence-electron chi connectivity index (χ1n) is 6.37. The van der Waals surface area contributed by atoms with Crippen molar-refractivity contribution in [1.82, 2.24) is 14.9 Å². The molecule has 3 N–H and O–H groups in total. The van der Waals surface area contributed by atoms with Gasteiger partial charge < -0.3 is 25.0 Å². The molecule has 1 aromatic carbocycles. The lowest BCUT2D eigenvalue weighted by molar-refractivity contribution is -0.107. The summed E-state index contributed by atoms with van der Waals surface area (Å²) in [5.74, 6) is -0.288. The zero-order valence-electron chi connectivity index (χ0n) is 12.4. The molecule has 2 amide bonds. The van der Waals surface area contributed by atoms with Gasteiger partial charge in [-0.05, 0) is 12.1 Å². The van der Waals surface area contributed by atoms with E-state index in [0.29, 0.717) is 12.0 Å². The van der Waals surface area contributed by atoms with Crippen molar-refractivity contribution in [1.29, 1.82) is 0 Å². The van der Waals surface area contributed by atoms with E-state index in [9.17, 15) is 19.8 Å². The number of rotatable bonds is 4. The van der Waals surface area contributed by atoms with Crippen molar-refractivity contribution >= 4 is 18.1 Å². The van der Waals surface area contributed by atoms with Crippen LogP contribution in [-0.2, 0) is 4.79 Å². The number of nitrogens with one attached hydrogen (secondary N) is 1. The average Bonchev–Trinajstić information content (AvgIpc) is 2.90. The van der Waals surface area contributed by atoms with Crippen LogP contribution in [0.1, 0.15) is 10.5 Å². The molecule has 0 aliphatic carbocycles. The number of hydrogen-bond acceptors (Lipinski definition) is 5. The van der Waals surface area contributed by atoms with Gasteiger partial charge in [0, 0.05) is 27.2 Å². The third-order valence-electron chi connectivity index (χ3n) is 3.03. The highest BCUT2D eigenvalue weighted by Gasteiger charge is 2.23. The van der Waals surface area contributed by atoms with Gasteiger partial charge in [-0.1, -0.05) is 0 Å². The molecular weight excluding hydrogens is 288 g/mol. The number of amides is 2. The van der Waals surface area contributed by atoms with Crippen LogP contribution < -0.4 is 4.90 Å². The first-order chi connectivity index (χ1) is 10.3. The molecule has 22 heavy (non-hydrogen) atoms. The molecule has 0 saturated heterocycles. The number of benzene rings is 1. The highest BCUT2D eigenvalue weighted by molar-refractivity contribution is 5.99. The first-order valence-corrected chi connectivity index (χ1v) is 6.37. The molecule has 0 aliphatic rings. The molecule has 0 bridgehead atoms. The molecule has 1 aromatic heterocycles. The van der Waals surface area contributed by atoms with Crippen molar-refractivity contribution < 1.29 is 19.8 Å². The van der Waals surface area contributed by atoms with Gasteiger partial charge in [-0.2, -0.15) is 0 Å². The summed E-state index contributed by atoms with van der Waals surface area (Å²) in [6.45, 7) is 0. The highest BCUT2D eigenvalue weighted by Crippen LogP contribution is 2.32. The Hall–Kier alpha value is -3.03. The molecule has 0 spiro atoms. The summed E-state index contributed by atoms with van der Waals surface area (Å²) in [7, 11) is 4.62. The maximum absolute atomic E-state index is 12.2. The van der Waals surface area contributed by atoms with E-state index in [1.165, 1.54) is 24.1 Å². The van der Waals surface area contributed by atoms with Crippen molar-refractivity contribution in [2.24, 2.45) is 0 Å². The van der Waals surface area contributed by atoms with Crippen LogP contribution in [0.25, 0.3) is 11.4 Å².